The van der Waals surface area contributed by atoms with Crippen LogP contribution in [0.1, 0.15) is 31.0 Å². The molecule has 1 heterocycles. The maximum absolute atomic E-state index is 12.5. The van der Waals surface area contributed by atoms with Gasteiger partial charge in [-0.1, -0.05) is 12.1 Å². The van der Waals surface area contributed by atoms with Crippen LogP contribution >= 0.6 is 0 Å². The van der Waals surface area contributed by atoms with E-state index >= 15 is 0 Å². The highest BCUT2D eigenvalue weighted by atomic mass is 16.4. The Bertz CT molecular complexity index is 721. The minimum absolute atomic E-state index is 0.0876. The van der Waals surface area contributed by atoms with Gasteiger partial charge in [0.25, 0.3) is 0 Å². The molecule has 5 nitrogen and oxygen atoms in total. The van der Waals surface area contributed by atoms with Crippen LogP contribution in [0, 0.1) is 6.92 Å². The van der Waals surface area contributed by atoms with E-state index in [0.717, 1.165) is 28.6 Å². The molecule has 0 radical (unpaired) electrons. The molecule has 0 saturated carbocycles. The molecule has 0 spiro atoms. The lowest BCUT2D eigenvalue weighted by atomic mass is 10.0. The van der Waals surface area contributed by atoms with Gasteiger partial charge >= 0.3 is 5.97 Å². The Morgan fingerprint density at radius 3 is 2.82 bits per heavy atom. The van der Waals surface area contributed by atoms with Crippen LogP contribution in [0.15, 0.2) is 29.1 Å². The summed E-state index contributed by atoms with van der Waals surface area (Å²) in [6.07, 6.45) is 1.58. The summed E-state index contributed by atoms with van der Waals surface area (Å²) < 4.78 is 0. The molecular weight excluding hydrogens is 280 g/mol. The minimum Gasteiger partial charge on any atom is -0.481 e. The van der Waals surface area contributed by atoms with Gasteiger partial charge in [0.05, 0.1) is 6.42 Å². The quantitative estimate of drug-likeness (QED) is 0.732. The summed E-state index contributed by atoms with van der Waals surface area (Å²) in [6.45, 7) is 4.38. The number of hydrogen-bond donors (Lipinski definition) is 3. The van der Waals surface area contributed by atoms with Crippen molar-refractivity contribution in [2.45, 2.75) is 39.2 Å². The van der Waals surface area contributed by atoms with Crippen molar-refractivity contribution in [3.05, 3.63) is 45.7 Å². The molecule has 5 heteroatoms. The van der Waals surface area contributed by atoms with Crippen LogP contribution in [-0.2, 0) is 11.2 Å². The molecular formula is C17H22N2O3. The van der Waals surface area contributed by atoms with Gasteiger partial charge in [0.15, 0.2) is 5.43 Å². The summed E-state index contributed by atoms with van der Waals surface area (Å²) in [6, 6.07) is 7.69. The summed E-state index contributed by atoms with van der Waals surface area (Å²) >= 11 is 0. The SMILES string of the molecule is Cc1[nH]c2ccccc2c(=O)c1CC[C@H](C)NCCC(=O)O. The van der Waals surface area contributed by atoms with Crippen LogP contribution in [0.4, 0.5) is 0 Å². The number of para-hydroxylation sites is 1. The zero-order valence-electron chi connectivity index (χ0n) is 13.0. The lowest BCUT2D eigenvalue weighted by molar-refractivity contribution is -0.136. The molecule has 0 amide bonds. The van der Waals surface area contributed by atoms with E-state index in [0.29, 0.717) is 13.0 Å². The van der Waals surface area contributed by atoms with E-state index in [1.807, 2.05) is 38.1 Å². The van der Waals surface area contributed by atoms with Crippen molar-refractivity contribution in [3.63, 3.8) is 0 Å². The van der Waals surface area contributed by atoms with E-state index in [1.165, 1.54) is 0 Å². The zero-order chi connectivity index (χ0) is 16.1. The third-order valence-electron chi connectivity index (χ3n) is 3.88. The monoisotopic (exact) mass is 302 g/mol. The van der Waals surface area contributed by atoms with E-state index in [4.69, 9.17) is 5.11 Å². The molecule has 2 rings (SSSR count). The van der Waals surface area contributed by atoms with Gasteiger partial charge < -0.3 is 15.4 Å². The lowest BCUT2D eigenvalue weighted by Gasteiger charge is -2.14. The Hall–Kier alpha value is -2.14. The number of fused-ring (bicyclic) bond motifs is 1. The van der Waals surface area contributed by atoms with Crippen molar-refractivity contribution < 1.29 is 9.90 Å². The fourth-order valence-electron chi connectivity index (χ4n) is 2.59. The van der Waals surface area contributed by atoms with Crippen molar-refractivity contribution in [2.24, 2.45) is 0 Å². The summed E-state index contributed by atoms with van der Waals surface area (Å²) in [5.41, 5.74) is 2.66. The number of benzene rings is 1. The predicted octanol–water partition coefficient (Wildman–Crippen LogP) is 2.22. The normalized spacial score (nSPS) is 12.5. The van der Waals surface area contributed by atoms with Crippen LogP contribution in [0.5, 0.6) is 0 Å². The standard InChI is InChI=1S/C17H22N2O3/c1-11(18-10-9-16(20)21)7-8-13-12(2)19-15-6-4-3-5-14(15)17(13)22/h3-6,11,18H,7-10H2,1-2H3,(H,19,22)(H,20,21)/t11-/m0/s1. The van der Waals surface area contributed by atoms with Gasteiger partial charge in [0.1, 0.15) is 0 Å². The van der Waals surface area contributed by atoms with Gasteiger partial charge in [-0.05, 0) is 38.8 Å². The zero-order valence-corrected chi connectivity index (χ0v) is 13.0. The highest BCUT2D eigenvalue weighted by molar-refractivity contribution is 5.79. The van der Waals surface area contributed by atoms with Gasteiger partial charge in [0, 0.05) is 34.7 Å². The largest absolute Gasteiger partial charge is 0.481 e. The third-order valence-corrected chi connectivity index (χ3v) is 3.88. The van der Waals surface area contributed by atoms with Crippen molar-refractivity contribution in [3.8, 4) is 0 Å². The highest BCUT2D eigenvalue weighted by Gasteiger charge is 2.11. The second kappa shape index (κ2) is 7.22. The van der Waals surface area contributed by atoms with Crippen LogP contribution in [0.3, 0.4) is 0 Å². The fraction of sp³-hybridized carbons (Fsp3) is 0.412. The Morgan fingerprint density at radius 2 is 2.09 bits per heavy atom. The number of rotatable bonds is 7. The first-order chi connectivity index (χ1) is 10.5. The van der Waals surface area contributed by atoms with E-state index in [2.05, 4.69) is 10.3 Å². The minimum atomic E-state index is -0.804. The molecule has 22 heavy (non-hydrogen) atoms. The highest BCUT2D eigenvalue weighted by Crippen LogP contribution is 2.12. The molecule has 0 bridgehead atoms. The van der Waals surface area contributed by atoms with Gasteiger partial charge in [-0.25, -0.2) is 0 Å². The molecule has 118 valence electrons. The Kier molecular flexibility index (Phi) is 5.33. The number of pyridine rings is 1. The molecule has 0 aliphatic carbocycles. The first kappa shape index (κ1) is 16.2. The summed E-state index contributed by atoms with van der Waals surface area (Å²) in [7, 11) is 0. The van der Waals surface area contributed by atoms with Crippen molar-refractivity contribution in [1.82, 2.24) is 10.3 Å². The van der Waals surface area contributed by atoms with Gasteiger partial charge in [0.2, 0.25) is 0 Å². The van der Waals surface area contributed by atoms with Crippen LogP contribution in [0.2, 0.25) is 0 Å². The molecule has 2 aromatic rings. The first-order valence-corrected chi connectivity index (χ1v) is 7.54. The molecule has 0 aliphatic heterocycles. The molecule has 0 fully saturated rings. The third kappa shape index (κ3) is 3.95. The van der Waals surface area contributed by atoms with E-state index in [1.54, 1.807) is 0 Å². The molecule has 0 unspecified atom stereocenters. The van der Waals surface area contributed by atoms with Crippen molar-refractivity contribution in [2.75, 3.05) is 6.54 Å². The predicted molar refractivity (Wildman–Crippen MR) is 87.3 cm³/mol. The summed E-state index contributed by atoms with van der Waals surface area (Å²) in [4.78, 5) is 26.3. The van der Waals surface area contributed by atoms with Crippen molar-refractivity contribution in [1.29, 1.82) is 0 Å². The molecule has 1 aromatic carbocycles. The second-order valence-corrected chi connectivity index (χ2v) is 5.64. The smallest absolute Gasteiger partial charge is 0.304 e. The molecule has 1 aromatic heterocycles. The van der Waals surface area contributed by atoms with E-state index in [-0.39, 0.29) is 17.9 Å². The fourth-order valence-corrected chi connectivity index (χ4v) is 2.59. The number of carboxylic acids is 1. The van der Waals surface area contributed by atoms with E-state index in [9.17, 15) is 9.59 Å². The number of aromatic amines is 1. The number of aromatic nitrogens is 1. The number of nitrogens with one attached hydrogen (secondary N) is 2. The van der Waals surface area contributed by atoms with Crippen LogP contribution in [-0.4, -0.2) is 28.6 Å². The molecule has 0 aliphatic rings. The second-order valence-electron chi connectivity index (χ2n) is 5.64. The Labute approximate surface area is 129 Å². The number of carbonyl (C=O) groups is 1. The first-order valence-electron chi connectivity index (χ1n) is 7.54. The Balaban J connectivity index is 2.05. The van der Waals surface area contributed by atoms with Gasteiger partial charge in [-0.3, -0.25) is 9.59 Å². The number of hydrogen-bond acceptors (Lipinski definition) is 3. The molecule has 1 atom stereocenters. The average Bonchev–Trinajstić information content (AvgIpc) is 2.46. The summed E-state index contributed by atoms with van der Waals surface area (Å²) in [5.74, 6) is -0.804. The van der Waals surface area contributed by atoms with Crippen LogP contribution < -0.4 is 10.7 Å². The topological polar surface area (TPSA) is 82.2 Å². The van der Waals surface area contributed by atoms with Gasteiger partial charge in [-0.15, -0.1) is 0 Å². The van der Waals surface area contributed by atoms with E-state index < -0.39 is 5.97 Å². The Morgan fingerprint density at radius 1 is 1.36 bits per heavy atom. The summed E-state index contributed by atoms with van der Waals surface area (Å²) in [5, 5.41) is 12.5. The number of aliphatic carboxylic acids is 1. The van der Waals surface area contributed by atoms with Gasteiger partial charge in [-0.2, -0.15) is 0 Å². The number of H-pyrrole nitrogens is 1. The maximum atomic E-state index is 12.5. The number of carboxylic acid groups (broad SMARTS) is 1. The molecule has 3 N–H and O–H groups in total. The van der Waals surface area contributed by atoms with Crippen LogP contribution in [0.25, 0.3) is 10.9 Å². The lowest BCUT2D eigenvalue weighted by Crippen LogP contribution is -2.29. The molecule has 0 saturated heterocycles. The maximum Gasteiger partial charge on any atom is 0.304 e. The average molecular weight is 302 g/mol. The van der Waals surface area contributed by atoms with Crippen molar-refractivity contribution >= 4 is 16.9 Å². The number of aryl methyl sites for hydroxylation is 1.